The summed E-state index contributed by atoms with van der Waals surface area (Å²) in [7, 11) is 3.44. The highest BCUT2D eigenvalue weighted by Crippen LogP contribution is 2.14. The Hall–Kier alpha value is -1.35. The van der Waals surface area contributed by atoms with Crippen LogP contribution in [0, 0.1) is 0 Å². The van der Waals surface area contributed by atoms with E-state index in [1.807, 2.05) is 12.1 Å². The summed E-state index contributed by atoms with van der Waals surface area (Å²) < 4.78 is 0. The zero-order valence-electron chi connectivity index (χ0n) is 10.2. The molecule has 0 aromatic heterocycles. The lowest BCUT2D eigenvalue weighted by Gasteiger charge is -2.15. The van der Waals surface area contributed by atoms with E-state index in [0.29, 0.717) is 0 Å². The lowest BCUT2D eigenvalue weighted by atomic mass is 10.0. The van der Waals surface area contributed by atoms with E-state index in [-0.39, 0.29) is 11.9 Å². The fraction of sp³-hybridized carbons (Fsp3) is 0.462. The van der Waals surface area contributed by atoms with E-state index in [0.717, 1.165) is 18.4 Å². The third-order valence-electron chi connectivity index (χ3n) is 2.65. The van der Waals surface area contributed by atoms with E-state index in [4.69, 9.17) is 0 Å². The standard InChI is InChI=1S/C13H20N2O/c1-4-5-10-6-8-11(9-7-10)12(14-2)13(16)15-3/h6-9,12,14H,4-5H2,1-3H3,(H,15,16). The van der Waals surface area contributed by atoms with Crippen molar-refractivity contribution in [3.05, 3.63) is 35.4 Å². The Bertz CT molecular complexity index is 332. The molecule has 0 saturated carbocycles. The second-order valence-corrected chi connectivity index (χ2v) is 3.83. The smallest absolute Gasteiger partial charge is 0.241 e. The van der Waals surface area contributed by atoms with E-state index >= 15 is 0 Å². The highest BCUT2D eigenvalue weighted by molar-refractivity contribution is 5.82. The fourth-order valence-electron chi connectivity index (χ4n) is 1.76. The molecule has 16 heavy (non-hydrogen) atoms. The minimum Gasteiger partial charge on any atom is -0.358 e. The zero-order chi connectivity index (χ0) is 12.0. The molecule has 1 atom stereocenters. The lowest BCUT2D eigenvalue weighted by Crippen LogP contribution is -2.33. The molecule has 1 unspecified atom stereocenters. The van der Waals surface area contributed by atoms with Crippen LogP contribution in [0.15, 0.2) is 24.3 Å². The molecule has 2 N–H and O–H groups in total. The van der Waals surface area contributed by atoms with E-state index in [2.05, 4.69) is 29.7 Å². The Labute approximate surface area is 97.2 Å². The average molecular weight is 220 g/mol. The minimum atomic E-state index is -0.263. The maximum Gasteiger partial charge on any atom is 0.241 e. The Morgan fingerprint density at radius 3 is 2.31 bits per heavy atom. The number of benzene rings is 1. The van der Waals surface area contributed by atoms with Crippen LogP contribution in [0.3, 0.4) is 0 Å². The van der Waals surface area contributed by atoms with Gasteiger partial charge in [-0.3, -0.25) is 4.79 Å². The summed E-state index contributed by atoms with van der Waals surface area (Å²) >= 11 is 0. The van der Waals surface area contributed by atoms with Crippen LogP contribution >= 0.6 is 0 Å². The largest absolute Gasteiger partial charge is 0.358 e. The molecule has 0 fully saturated rings. The monoisotopic (exact) mass is 220 g/mol. The van der Waals surface area contributed by atoms with Gasteiger partial charge in [0, 0.05) is 7.05 Å². The normalized spacial score (nSPS) is 12.2. The summed E-state index contributed by atoms with van der Waals surface area (Å²) in [4.78, 5) is 11.6. The van der Waals surface area contributed by atoms with Crippen LogP contribution in [-0.2, 0) is 11.2 Å². The molecule has 3 heteroatoms. The van der Waals surface area contributed by atoms with Crippen molar-refractivity contribution in [1.29, 1.82) is 0 Å². The molecule has 0 aliphatic heterocycles. The number of hydrogen-bond donors (Lipinski definition) is 2. The lowest BCUT2D eigenvalue weighted by molar-refractivity contribution is -0.122. The van der Waals surface area contributed by atoms with Crippen molar-refractivity contribution in [2.24, 2.45) is 0 Å². The number of amides is 1. The second-order valence-electron chi connectivity index (χ2n) is 3.83. The summed E-state index contributed by atoms with van der Waals surface area (Å²) in [5, 5.41) is 5.66. The summed E-state index contributed by atoms with van der Waals surface area (Å²) in [6, 6.07) is 7.95. The van der Waals surface area contributed by atoms with Gasteiger partial charge < -0.3 is 10.6 Å². The summed E-state index contributed by atoms with van der Waals surface area (Å²) in [5.74, 6) is -0.00857. The number of aryl methyl sites for hydroxylation is 1. The van der Waals surface area contributed by atoms with E-state index in [1.165, 1.54) is 5.56 Å². The maximum absolute atomic E-state index is 11.6. The summed E-state index contributed by atoms with van der Waals surface area (Å²) in [6.45, 7) is 2.16. The van der Waals surface area contributed by atoms with Gasteiger partial charge in [0.25, 0.3) is 0 Å². The molecule has 3 nitrogen and oxygen atoms in total. The first-order valence-corrected chi connectivity index (χ1v) is 5.70. The van der Waals surface area contributed by atoms with Gasteiger partial charge in [0.2, 0.25) is 5.91 Å². The van der Waals surface area contributed by atoms with Crippen molar-refractivity contribution in [2.75, 3.05) is 14.1 Å². The van der Waals surface area contributed by atoms with Gasteiger partial charge in [-0.25, -0.2) is 0 Å². The maximum atomic E-state index is 11.6. The topological polar surface area (TPSA) is 41.1 Å². The quantitative estimate of drug-likeness (QED) is 0.792. The van der Waals surface area contributed by atoms with Gasteiger partial charge in [0.1, 0.15) is 6.04 Å². The molecule has 1 rings (SSSR count). The Morgan fingerprint density at radius 1 is 1.25 bits per heavy atom. The number of carbonyl (C=O) groups is 1. The number of hydrogen-bond acceptors (Lipinski definition) is 2. The first-order valence-electron chi connectivity index (χ1n) is 5.70. The van der Waals surface area contributed by atoms with Crippen molar-refractivity contribution < 1.29 is 4.79 Å². The number of likely N-dealkylation sites (N-methyl/N-ethyl adjacent to an activating group) is 2. The van der Waals surface area contributed by atoms with E-state index in [9.17, 15) is 4.79 Å². The predicted octanol–water partition coefficient (Wildman–Crippen LogP) is 1.65. The van der Waals surface area contributed by atoms with E-state index < -0.39 is 0 Å². The first-order chi connectivity index (χ1) is 7.72. The molecule has 1 aromatic carbocycles. The summed E-state index contributed by atoms with van der Waals surface area (Å²) in [6.07, 6.45) is 2.23. The fourth-order valence-corrected chi connectivity index (χ4v) is 1.76. The van der Waals surface area contributed by atoms with Crippen LogP contribution in [-0.4, -0.2) is 20.0 Å². The molecule has 0 heterocycles. The Kier molecular flexibility index (Phi) is 4.99. The molecule has 0 aliphatic carbocycles. The molecule has 1 amide bonds. The second kappa shape index (κ2) is 6.28. The molecule has 88 valence electrons. The van der Waals surface area contributed by atoms with Crippen molar-refractivity contribution in [2.45, 2.75) is 25.8 Å². The first kappa shape index (κ1) is 12.7. The molecule has 1 aromatic rings. The van der Waals surface area contributed by atoms with Crippen LogP contribution in [0.4, 0.5) is 0 Å². The van der Waals surface area contributed by atoms with Gasteiger partial charge >= 0.3 is 0 Å². The van der Waals surface area contributed by atoms with Crippen LogP contribution in [0.25, 0.3) is 0 Å². The number of rotatable bonds is 5. The van der Waals surface area contributed by atoms with Gasteiger partial charge in [0.05, 0.1) is 0 Å². The zero-order valence-corrected chi connectivity index (χ0v) is 10.2. The van der Waals surface area contributed by atoms with Gasteiger partial charge in [-0.15, -0.1) is 0 Å². The molecular formula is C13H20N2O. The molecule has 0 bridgehead atoms. The predicted molar refractivity (Wildman–Crippen MR) is 66.3 cm³/mol. The highest BCUT2D eigenvalue weighted by atomic mass is 16.2. The summed E-state index contributed by atoms with van der Waals surface area (Å²) in [5.41, 5.74) is 2.32. The molecular weight excluding hydrogens is 200 g/mol. The molecule has 0 aliphatic rings. The number of nitrogens with one attached hydrogen (secondary N) is 2. The average Bonchev–Trinajstić information content (AvgIpc) is 2.32. The van der Waals surface area contributed by atoms with Crippen LogP contribution in [0.2, 0.25) is 0 Å². The minimum absolute atomic E-state index is 0.00857. The van der Waals surface area contributed by atoms with Crippen LogP contribution < -0.4 is 10.6 Å². The van der Waals surface area contributed by atoms with Crippen molar-refractivity contribution in [3.8, 4) is 0 Å². The van der Waals surface area contributed by atoms with Gasteiger partial charge in [-0.05, 0) is 24.6 Å². The van der Waals surface area contributed by atoms with Crippen molar-refractivity contribution in [3.63, 3.8) is 0 Å². The van der Waals surface area contributed by atoms with E-state index in [1.54, 1.807) is 14.1 Å². The molecule has 0 saturated heterocycles. The third-order valence-corrected chi connectivity index (χ3v) is 2.65. The van der Waals surface area contributed by atoms with Crippen LogP contribution in [0.5, 0.6) is 0 Å². The SMILES string of the molecule is CCCc1ccc(C(NC)C(=O)NC)cc1. The Morgan fingerprint density at radius 2 is 1.88 bits per heavy atom. The van der Waals surface area contributed by atoms with Crippen molar-refractivity contribution >= 4 is 5.91 Å². The Balaban J connectivity index is 2.82. The number of carbonyl (C=O) groups excluding carboxylic acids is 1. The van der Waals surface area contributed by atoms with Gasteiger partial charge in [-0.1, -0.05) is 37.6 Å². The third kappa shape index (κ3) is 3.07. The molecule has 0 radical (unpaired) electrons. The van der Waals surface area contributed by atoms with Gasteiger partial charge in [-0.2, -0.15) is 0 Å². The van der Waals surface area contributed by atoms with Crippen LogP contribution in [0.1, 0.15) is 30.5 Å². The van der Waals surface area contributed by atoms with Gasteiger partial charge in [0.15, 0.2) is 0 Å². The highest BCUT2D eigenvalue weighted by Gasteiger charge is 2.16. The molecule has 0 spiro atoms. The van der Waals surface area contributed by atoms with Crippen molar-refractivity contribution in [1.82, 2.24) is 10.6 Å².